The number of nitrogens with zero attached hydrogens (tertiary/aromatic N) is 1. The lowest BCUT2D eigenvalue weighted by Gasteiger charge is -2.27. The van der Waals surface area contributed by atoms with E-state index in [0.29, 0.717) is 11.4 Å². The smallest absolute Gasteiger partial charge is 0.311 e. The van der Waals surface area contributed by atoms with E-state index in [1.807, 2.05) is 17.5 Å². The summed E-state index contributed by atoms with van der Waals surface area (Å²) in [5.41, 5.74) is 1.19. The number of hydrogen-bond donors (Lipinski definition) is 1. The minimum Gasteiger partial charge on any atom is -0.455 e. The highest BCUT2D eigenvalue weighted by molar-refractivity contribution is 7.10. The van der Waals surface area contributed by atoms with Crippen LogP contribution in [0.15, 0.2) is 41.8 Å². The highest BCUT2D eigenvalue weighted by Crippen LogP contribution is 2.31. The predicted octanol–water partition coefficient (Wildman–Crippen LogP) is 2.60. The molecule has 0 bridgehead atoms. The summed E-state index contributed by atoms with van der Waals surface area (Å²) in [7, 11) is 0. The van der Waals surface area contributed by atoms with Crippen LogP contribution in [-0.2, 0) is 25.5 Å². The number of ether oxygens (including phenoxy) is 1. The number of carbonyl (C=O) groups is 3. The molecule has 0 radical (unpaired) electrons. The number of anilines is 2. The third-order valence-corrected chi connectivity index (χ3v) is 4.76. The third kappa shape index (κ3) is 4.06. The molecule has 0 fully saturated rings. The lowest BCUT2D eigenvalue weighted by molar-refractivity contribution is -0.147. The van der Waals surface area contributed by atoms with Gasteiger partial charge in [0, 0.05) is 17.3 Å². The molecular weight excluding hydrogens is 340 g/mol. The molecule has 130 valence electrons. The van der Waals surface area contributed by atoms with E-state index in [1.54, 1.807) is 31.2 Å². The first-order valence-corrected chi connectivity index (χ1v) is 8.81. The number of hydrogen-bond acceptors (Lipinski definition) is 5. The Balaban J connectivity index is 1.70. The fourth-order valence-corrected chi connectivity index (χ4v) is 3.48. The Labute approximate surface area is 149 Å². The van der Waals surface area contributed by atoms with E-state index in [2.05, 4.69) is 5.32 Å². The predicted molar refractivity (Wildman–Crippen MR) is 95.6 cm³/mol. The molecule has 1 aromatic carbocycles. The molecule has 25 heavy (non-hydrogen) atoms. The van der Waals surface area contributed by atoms with Gasteiger partial charge in [-0.3, -0.25) is 14.4 Å². The van der Waals surface area contributed by atoms with Gasteiger partial charge in [0.2, 0.25) is 5.91 Å². The van der Waals surface area contributed by atoms with Crippen LogP contribution in [0.2, 0.25) is 0 Å². The monoisotopic (exact) mass is 358 g/mol. The van der Waals surface area contributed by atoms with Gasteiger partial charge in [-0.1, -0.05) is 18.2 Å². The van der Waals surface area contributed by atoms with Crippen LogP contribution in [0, 0.1) is 0 Å². The lowest BCUT2D eigenvalue weighted by atomic mass is 10.1. The number of fused-ring (bicyclic) bond motifs is 1. The Bertz CT molecular complexity index is 788. The van der Waals surface area contributed by atoms with E-state index in [1.165, 1.54) is 16.2 Å². The molecule has 1 aliphatic rings. The van der Waals surface area contributed by atoms with Gasteiger partial charge in [0.1, 0.15) is 0 Å². The van der Waals surface area contributed by atoms with E-state index in [4.69, 9.17) is 4.74 Å². The molecule has 0 unspecified atom stereocenters. The lowest BCUT2D eigenvalue weighted by Crippen LogP contribution is -2.41. The first kappa shape index (κ1) is 17.2. The number of benzene rings is 1. The summed E-state index contributed by atoms with van der Waals surface area (Å²) >= 11 is 1.47. The van der Waals surface area contributed by atoms with Gasteiger partial charge >= 0.3 is 5.97 Å². The molecule has 0 aliphatic carbocycles. The van der Waals surface area contributed by atoms with Gasteiger partial charge in [-0.05, 0) is 30.5 Å². The van der Waals surface area contributed by atoms with Crippen LogP contribution in [0.25, 0.3) is 0 Å². The second kappa shape index (κ2) is 7.48. The number of rotatable bonds is 4. The summed E-state index contributed by atoms with van der Waals surface area (Å²) in [5, 5.41) is 4.68. The van der Waals surface area contributed by atoms with Crippen molar-refractivity contribution in [3.63, 3.8) is 0 Å². The van der Waals surface area contributed by atoms with Gasteiger partial charge in [0.25, 0.3) is 5.91 Å². The maximum atomic E-state index is 12.6. The van der Waals surface area contributed by atoms with Crippen molar-refractivity contribution >= 4 is 40.5 Å². The molecule has 2 aromatic rings. The van der Waals surface area contributed by atoms with Crippen molar-refractivity contribution in [2.45, 2.75) is 25.8 Å². The van der Waals surface area contributed by atoms with Crippen LogP contribution in [0.3, 0.4) is 0 Å². The van der Waals surface area contributed by atoms with Crippen molar-refractivity contribution in [1.82, 2.24) is 0 Å². The summed E-state index contributed by atoms with van der Waals surface area (Å²) in [5.74, 6) is -0.943. The molecule has 0 saturated heterocycles. The summed E-state index contributed by atoms with van der Waals surface area (Å²) in [4.78, 5) is 38.9. The van der Waals surface area contributed by atoms with Crippen LogP contribution in [0.1, 0.15) is 18.2 Å². The zero-order valence-electron chi connectivity index (χ0n) is 13.7. The van der Waals surface area contributed by atoms with Crippen LogP contribution in [0.4, 0.5) is 11.4 Å². The summed E-state index contributed by atoms with van der Waals surface area (Å²) in [6.07, 6.45) is 0.334. The Kier molecular flexibility index (Phi) is 5.14. The number of thiophene rings is 1. The van der Waals surface area contributed by atoms with Crippen LogP contribution in [-0.4, -0.2) is 30.4 Å². The molecule has 1 atom stereocenters. The van der Waals surface area contributed by atoms with Crippen molar-refractivity contribution in [3.05, 3.63) is 46.7 Å². The minimum absolute atomic E-state index is 0.148. The fraction of sp³-hybridized carbons (Fsp3) is 0.278. The molecule has 3 rings (SSSR count). The molecule has 7 heteroatoms. The number of para-hydroxylation sites is 2. The molecule has 2 amide bonds. The number of nitrogens with one attached hydrogen (secondary N) is 1. The van der Waals surface area contributed by atoms with Gasteiger partial charge in [-0.25, -0.2) is 0 Å². The summed E-state index contributed by atoms with van der Waals surface area (Å²) < 4.78 is 5.13. The van der Waals surface area contributed by atoms with Crippen molar-refractivity contribution in [2.24, 2.45) is 0 Å². The molecule has 1 N–H and O–H groups in total. The summed E-state index contributed by atoms with van der Waals surface area (Å²) in [6.45, 7) is 1.45. The van der Waals surface area contributed by atoms with Gasteiger partial charge in [-0.15, -0.1) is 11.3 Å². The molecule has 0 saturated carbocycles. The minimum atomic E-state index is -0.444. The molecule has 2 heterocycles. The maximum absolute atomic E-state index is 12.6. The van der Waals surface area contributed by atoms with Crippen molar-refractivity contribution in [2.75, 3.05) is 16.8 Å². The van der Waals surface area contributed by atoms with E-state index >= 15 is 0 Å². The van der Waals surface area contributed by atoms with E-state index in [-0.39, 0.29) is 37.3 Å². The molecule has 1 aliphatic heterocycles. The molecule has 1 aromatic heterocycles. The normalized spacial score (nSPS) is 16.6. The Morgan fingerprint density at radius 3 is 2.84 bits per heavy atom. The Morgan fingerprint density at radius 1 is 1.28 bits per heavy atom. The fourth-order valence-electron chi connectivity index (χ4n) is 2.79. The SMILES string of the molecule is C[C@@H]1CC(=O)Nc2ccccc2N1C(=O)COC(=O)Cc1cccs1. The second-order valence-corrected chi connectivity index (χ2v) is 6.83. The quantitative estimate of drug-likeness (QED) is 0.853. The number of carbonyl (C=O) groups excluding carboxylic acids is 3. The molecular formula is C18H18N2O4S. The Morgan fingerprint density at radius 2 is 2.08 bits per heavy atom. The van der Waals surface area contributed by atoms with E-state index in [0.717, 1.165) is 4.88 Å². The van der Waals surface area contributed by atoms with E-state index < -0.39 is 5.97 Å². The standard InChI is InChI=1S/C18H18N2O4S/c1-12-9-16(21)19-14-6-2-3-7-15(14)20(12)17(22)11-24-18(23)10-13-5-4-8-25-13/h2-8,12H,9-11H2,1H3,(H,19,21)/t12-/m1/s1. The Hall–Kier alpha value is -2.67. The van der Waals surface area contributed by atoms with Crippen LogP contribution < -0.4 is 10.2 Å². The largest absolute Gasteiger partial charge is 0.455 e. The van der Waals surface area contributed by atoms with Crippen LogP contribution >= 0.6 is 11.3 Å². The number of esters is 1. The number of amides is 2. The zero-order valence-corrected chi connectivity index (χ0v) is 14.5. The van der Waals surface area contributed by atoms with Gasteiger partial charge < -0.3 is 15.0 Å². The summed E-state index contributed by atoms with van der Waals surface area (Å²) in [6, 6.07) is 10.5. The van der Waals surface area contributed by atoms with Gasteiger partial charge in [-0.2, -0.15) is 0 Å². The third-order valence-electron chi connectivity index (χ3n) is 3.88. The highest BCUT2D eigenvalue weighted by atomic mass is 32.1. The molecule has 0 spiro atoms. The van der Waals surface area contributed by atoms with E-state index in [9.17, 15) is 14.4 Å². The topological polar surface area (TPSA) is 75.7 Å². The van der Waals surface area contributed by atoms with Crippen molar-refractivity contribution < 1.29 is 19.1 Å². The first-order valence-electron chi connectivity index (χ1n) is 7.93. The molecule has 6 nitrogen and oxygen atoms in total. The van der Waals surface area contributed by atoms with Gasteiger partial charge in [0.15, 0.2) is 6.61 Å². The average molecular weight is 358 g/mol. The second-order valence-electron chi connectivity index (χ2n) is 5.80. The van der Waals surface area contributed by atoms with Crippen molar-refractivity contribution in [3.8, 4) is 0 Å². The zero-order chi connectivity index (χ0) is 17.8. The highest BCUT2D eigenvalue weighted by Gasteiger charge is 2.30. The first-order chi connectivity index (χ1) is 12.0. The van der Waals surface area contributed by atoms with Crippen LogP contribution in [0.5, 0.6) is 0 Å². The maximum Gasteiger partial charge on any atom is 0.311 e. The van der Waals surface area contributed by atoms with Crippen molar-refractivity contribution in [1.29, 1.82) is 0 Å². The van der Waals surface area contributed by atoms with Gasteiger partial charge in [0.05, 0.1) is 17.8 Å². The average Bonchev–Trinajstić information content (AvgIpc) is 3.03.